The van der Waals surface area contributed by atoms with Crippen molar-refractivity contribution in [2.75, 3.05) is 18.2 Å². The normalized spacial score (nSPS) is 13.2. The third kappa shape index (κ3) is 3.96. The molecule has 0 aliphatic heterocycles. The number of hydrogen-bond donors (Lipinski definition) is 3. The molecule has 9 heteroatoms. The number of nitrogens with zero attached hydrogens (tertiary/aromatic N) is 2. The number of rotatable bonds is 6. The first kappa shape index (κ1) is 20.2. The molecule has 154 valence electrons. The number of aromatic amines is 1. The van der Waals surface area contributed by atoms with Gasteiger partial charge in [-0.1, -0.05) is 29.8 Å². The molecule has 0 aliphatic rings. The fraction of sp³-hybridized carbons (Fsp3) is 0.143. The van der Waals surface area contributed by atoms with Crippen molar-refractivity contribution in [1.82, 2.24) is 15.0 Å². The second-order valence-electron chi connectivity index (χ2n) is 6.70. The second kappa shape index (κ2) is 7.97. The number of nitrogens with one attached hydrogen (secondary N) is 3. The highest BCUT2D eigenvalue weighted by Gasteiger charge is 2.15. The number of ether oxygens (including phenoxy) is 1. The van der Waals surface area contributed by atoms with Gasteiger partial charge in [0.15, 0.2) is 0 Å². The molecule has 2 heterocycles. The van der Waals surface area contributed by atoms with Crippen LogP contribution in [0.1, 0.15) is 6.92 Å². The van der Waals surface area contributed by atoms with Crippen LogP contribution < -0.4 is 10.1 Å². The Bertz CT molecular complexity index is 1330. The number of fused-ring (bicyclic) bond motifs is 1. The number of H-pyrrole nitrogens is 1. The first-order valence-corrected chi connectivity index (χ1v) is 11.6. The van der Waals surface area contributed by atoms with Crippen LogP contribution in [-0.4, -0.2) is 32.0 Å². The molecule has 0 saturated carbocycles. The number of anilines is 2. The van der Waals surface area contributed by atoms with E-state index in [4.69, 9.17) is 21.1 Å². The van der Waals surface area contributed by atoms with Gasteiger partial charge in [-0.3, -0.25) is 0 Å². The molecule has 0 saturated heterocycles. The molecule has 1 atom stereocenters. The first-order chi connectivity index (χ1) is 14.4. The fourth-order valence-electron chi connectivity index (χ4n) is 3.13. The van der Waals surface area contributed by atoms with Crippen molar-refractivity contribution in [2.24, 2.45) is 0 Å². The van der Waals surface area contributed by atoms with Crippen molar-refractivity contribution in [3.63, 3.8) is 0 Å². The van der Waals surface area contributed by atoms with E-state index >= 15 is 0 Å². The topological polar surface area (TPSA) is 104 Å². The summed E-state index contributed by atoms with van der Waals surface area (Å²) in [4.78, 5) is 12.5. The van der Waals surface area contributed by atoms with Gasteiger partial charge in [-0.25, -0.2) is 19.0 Å². The molecule has 0 spiro atoms. The molecular weight excluding hydrogens is 422 g/mol. The fourth-order valence-corrected chi connectivity index (χ4v) is 3.98. The Kier molecular flexibility index (Phi) is 5.36. The molecule has 4 rings (SSSR count). The molecule has 7 nitrogen and oxygen atoms in total. The smallest absolute Gasteiger partial charge is 0.227 e. The van der Waals surface area contributed by atoms with E-state index in [9.17, 15) is 4.21 Å². The zero-order valence-corrected chi connectivity index (χ0v) is 18.0. The Morgan fingerprint density at radius 2 is 2.07 bits per heavy atom. The summed E-state index contributed by atoms with van der Waals surface area (Å²) in [5.74, 6) is 0.820. The summed E-state index contributed by atoms with van der Waals surface area (Å²) in [6, 6.07) is 12.9. The van der Waals surface area contributed by atoms with Crippen LogP contribution in [0.2, 0.25) is 5.02 Å². The molecule has 2 aromatic heterocycles. The largest absolute Gasteiger partial charge is 0.492 e. The maximum Gasteiger partial charge on any atom is 0.227 e. The Balaban J connectivity index is 1.74. The van der Waals surface area contributed by atoms with Gasteiger partial charge in [0.1, 0.15) is 5.75 Å². The van der Waals surface area contributed by atoms with Gasteiger partial charge < -0.3 is 15.0 Å². The van der Waals surface area contributed by atoms with Crippen molar-refractivity contribution in [1.29, 1.82) is 4.78 Å². The van der Waals surface area contributed by atoms with Crippen LogP contribution in [0.3, 0.4) is 0 Å². The van der Waals surface area contributed by atoms with Crippen molar-refractivity contribution in [3.8, 4) is 17.0 Å². The lowest BCUT2D eigenvalue weighted by atomic mass is 10.1. The van der Waals surface area contributed by atoms with Gasteiger partial charge in [-0.2, -0.15) is 0 Å². The lowest BCUT2D eigenvalue weighted by molar-refractivity contribution is 0.341. The summed E-state index contributed by atoms with van der Waals surface area (Å²) >= 11 is 6.40. The predicted molar refractivity (Wildman–Crippen MR) is 120 cm³/mol. The molecule has 0 radical (unpaired) electrons. The van der Waals surface area contributed by atoms with E-state index in [1.54, 1.807) is 24.4 Å². The zero-order valence-electron chi connectivity index (χ0n) is 16.4. The third-order valence-corrected chi connectivity index (χ3v) is 5.97. The summed E-state index contributed by atoms with van der Waals surface area (Å²) in [5, 5.41) is 4.59. The van der Waals surface area contributed by atoms with E-state index in [1.807, 2.05) is 37.4 Å². The lowest BCUT2D eigenvalue weighted by Gasteiger charge is -2.14. The number of hydrogen-bond acceptors (Lipinski definition) is 6. The quantitative estimate of drug-likeness (QED) is 0.368. The van der Waals surface area contributed by atoms with Crippen LogP contribution >= 0.6 is 11.6 Å². The molecule has 3 N–H and O–H groups in total. The maximum absolute atomic E-state index is 12.1. The average molecular weight is 442 g/mol. The number of aromatic nitrogens is 3. The number of para-hydroxylation sites is 1. The minimum atomic E-state index is -2.86. The molecular formula is C21H20ClN5O2S. The summed E-state index contributed by atoms with van der Waals surface area (Å²) < 4.78 is 25.6. The molecule has 4 aromatic rings. The van der Waals surface area contributed by atoms with Gasteiger partial charge >= 0.3 is 0 Å². The number of benzene rings is 2. The van der Waals surface area contributed by atoms with Crippen molar-refractivity contribution < 1.29 is 8.95 Å². The van der Waals surface area contributed by atoms with Gasteiger partial charge in [0, 0.05) is 28.9 Å². The van der Waals surface area contributed by atoms with E-state index in [0.717, 1.165) is 16.5 Å². The molecule has 2 aromatic carbocycles. The van der Waals surface area contributed by atoms with E-state index in [2.05, 4.69) is 20.3 Å². The Morgan fingerprint density at radius 3 is 2.83 bits per heavy atom. The molecule has 0 amide bonds. The maximum atomic E-state index is 12.1. The predicted octanol–water partition coefficient (Wildman–Crippen LogP) is 5.46. The summed E-state index contributed by atoms with van der Waals surface area (Å²) in [6.45, 7) is 2.28. The van der Waals surface area contributed by atoms with Gasteiger partial charge in [0.2, 0.25) is 5.95 Å². The van der Waals surface area contributed by atoms with Gasteiger partial charge in [0.25, 0.3) is 0 Å². The van der Waals surface area contributed by atoms with Gasteiger partial charge in [-0.05, 0) is 31.2 Å². The second-order valence-corrected chi connectivity index (χ2v) is 9.26. The zero-order chi connectivity index (χ0) is 21.3. The molecule has 0 bridgehead atoms. The van der Waals surface area contributed by atoms with E-state index in [-0.39, 0.29) is 0 Å². The first-order valence-electron chi connectivity index (χ1n) is 9.23. The van der Waals surface area contributed by atoms with Gasteiger partial charge in [0.05, 0.1) is 43.8 Å². The summed E-state index contributed by atoms with van der Waals surface area (Å²) in [5.41, 5.74) is 3.08. The third-order valence-electron chi connectivity index (χ3n) is 4.54. The molecule has 30 heavy (non-hydrogen) atoms. The van der Waals surface area contributed by atoms with Crippen LogP contribution in [0.15, 0.2) is 59.8 Å². The standard InChI is InChI=1S/C21H20ClN5O2S/c1-3-29-19-10-13(30(2,23)28)8-9-18(19)26-21-25-12-16(22)20(27-21)15-11-24-17-7-5-4-6-14(15)17/h4-12,23-24H,3H2,1-2H3,(H,25,26,27). The van der Waals surface area contributed by atoms with Gasteiger partial charge in [-0.15, -0.1) is 0 Å². The molecule has 1 unspecified atom stereocenters. The van der Waals surface area contributed by atoms with Crippen LogP contribution in [-0.2, 0) is 9.73 Å². The molecule has 0 aliphatic carbocycles. The minimum absolute atomic E-state index is 0.344. The minimum Gasteiger partial charge on any atom is -0.492 e. The Hall–Kier alpha value is -3.10. The van der Waals surface area contributed by atoms with E-state index in [0.29, 0.717) is 39.6 Å². The Labute approximate surface area is 179 Å². The number of halogens is 1. The Morgan fingerprint density at radius 1 is 1.27 bits per heavy atom. The summed E-state index contributed by atoms with van der Waals surface area (Å²) in [7, 11) is -2.86. The highest BCUT2D eigenvalue weighted by Crippen LogP contribution is 2.34. The van der Waals surface area contributed by atoms with Crippen molar-refractivity contribution >= 4 is 43.9 Å². The highest BCUT2D eigenvalue weighted by atomic mass is 35.5. The van der Waals surface area contributed by atoms with Crippen molar-refractivity contribution in [2.45, 2.75) is 11.8 Å². The van der Waals surface area contributed by atoms with E-state index < -0.39 is 9.73 Å². The van der Waals surface area contributed by atoms with E-state index in [1.165, 1.54) is 6.26 Å². The lowest BCUT2D eigenvalue weighted by Crippen LogP contribution is -2.03. The van der Waals surface area contributed by atoms with Crippen LogP contribution in [0.4, 0.5) is 11.6 Å². The van der Waals surface area contributed by atoms with Crippen LogP contribution in [0.25, 0.3) is 22.2 Å². The molecule has 0 fully saturated rings. The van der Waals surface area contributed by atoms with Crippen LogP contribution in [0.5, 0.6) is 5.75 Å². The average Bonchev–Trinajstić information content (AvgIpc) is 3.14. The van der Waals surface area contributed by atoms with Crippen LogP contribution in [0, 0.1) is 4.78 Å². The highest BCUT2D eigenvalue weighted by molar-refractivity contribution is 7.91. The monoisotopic (exact) mass is 441 g/mol. The SMILES string of the molecule is CCOc1cc(S(C)(=N)=O)ccc1Nc1ncc(Cl)c(-c2c[nH]c3ccccc23)n1. The summed E-state index contributed by atoms with van der Waals surface area (Å²) in [6.07, 6.45) is 4.79. The van der Waals surface area contributed by atoms with Crippen molar-refractivity contribution in [3.05, 3.63) is 59.9 Å².